The minimum Gasteiger partial charge on any atom is -0.497 e. The van der Waals surface area contributed by atoms with Gasteiger partial charge in [-0.05, 0) is 40.2 Å². The van der Waals surface area contributed by atoms with Gasteiger partial charge in [-0.2, -0.15) is 0 Å². The molecule has 2 aromatic rings. The van der Waals surface area contributed by atoms with E-state index in [9.17, 15) is 18.5 Å². The number of halogens is 1. The van der Waals surface area contributed by atoms with Crippen LogP contribution in [0.5, 0.6) is 5.75 Å². The Kier molecular flexibility index (Phi) is 4.29. The van der Waals surface area contributed by atoms with Crippen LogP contribution in [0.15, 0.2) is 56.7 Å². The van der Waals surface area contributed by atoms with Crippen molar-refractivity contribution < 1.29 is 18.1 Å². The Balaban J connectivity index is 2.72. The summed E-state index contributed by atoms with van der Waals surface area (Å²) in [5.74, 6) is 0.353. The van der Waals surface area contributed by atoms with E-state index in [1.54, 1.807) is 6.07 Å². The van der Waals surface area contributed by atoms with Crippen molar-refractivity contribution in [2.24, 2.45) is 0 Å². The fraction of sp³-hybridized carbons (Fsp3) is 0.0769. The van der Waals surface area contributed by atoms with Gasteiger partial charge in [-0.25, -0.2) is 8.42 Å². The van der Waals surface area contributed by atoms with Crippen molar-refractivity contribution in [2.45, 2.75) is 9.79 Å². The summed E-state index contributed by atoms with van der Waals surface area (Å²) in [6, 6.07) is 9.78. The van der Waals surface area contributed by atoms with Crippen molar-refractivity contribution >= 4 is 31.5 Å². The molecular weight excluding hydrogens is 362 g/mol. The summed E-state index contributed by atoms with van der Waals surface area (Å²) < 4.78 is 30.4. The van der Waals surface area contributed by atoms with Crippen LogP contribution in [0.25, 0.3) is 0 Å². The van der Waals surface area contributed by atoms with Crippen LogP contribution in [-0.4, -0.2) is 20.5 Å². The Morgan fingerprint density at radius 1 is 1.19 bits per heavy atom. The lowest BCUT2D eigenvalue weighted by molar-refractivity contribution is -0.387. The van der Waals surface area contributed by atoms with Crippen LogP contribution in [-0.2, 0) is 9.84 Å². The largest absolute Gasteiger partial charge is 0.497 e. The van der Waals surface area contributed by atoms with Gasteiger partial charge in [0.25, 0.3) is 5.69 Å². The van der Waals surface area contributed by atoms with Crippen molar-refractivity contribution in [1.82, 2.24) is 0 Å². The molecular formula is C13H10BrNO5S. The maximum atomic E-state index is 12.7. The first-order valence-electron chi connectivity index (χ1n) is 5.70. The molecule has 0 fully saturated rings. The maximum absolute atomic E-state index is 12.7. The van der Waals surface area contributed by atoms with Gasteiger partial charge in [0.2, 0.25) is 9.84 Å². The van der Waals surface area contributed by atoms with Crippen LogP contribution in [0, 0.1) is 10.1 Å². The van der Waals surface area contributed by atoms with E-state index >= 15 is 0 Å². The Labute approximate surface area is 129 Å². The Morgan fingerprint density at radius 2 is 1.86 bits per heavy atom. The molecule has 0 aliphatic rings. The van der Waals surface area contributed by atoms with Crippen LogP contribution >= 0.6 is 15.9 Å². The number of rotatable bonds is 4. The van der Waals surface area contributed by atoms with Gasteiger partial charge < -0.3 is 4.74 Å². The van der Waals surface area contributed by atoms with Gasteiger partial charge in [0.15, 0.2) is 4.90 Å². The molecule has 2 rings (SSSR count). The van der Waals surface area contributed by atoms with Crippen molar-refractivity contribution in [3.63, 3.8) is 0 Å². The third-order valence-electron chi connectivity index (χ3n) is 2.76. The second kappa shape index (κ2) is 5.82. The number of ether oxygens (including phenoxy) is 1. The molecule has 0 atom stereocenters. The monoisotopic (exact) mass is 371 g/mol. The van der Waals surface area contributed by atoms with Gasteiger partial charge in [-0.15, -0.1) is 0 Å². The zero-order chi connectivity index (χ0) is 15.6. The summed E-state index contributed by atoms with van der Waals surface area (Å²) in [6.07, 6.45) is 0. The molecule has 0 unspecified atom stereocenters. The molecule has 0 aromatic heterocycles. The van der Waals surface area contributed by atoms with E-state index in [1.165, 1.54) is 37.4 Å². The van der Waals surface area contributed by atoms with E-state index in [2.05, 4.69) is 15.9 Å². The zero-order valence-electron chi connectivity index (χ0n) is 10.8. The molecule has 0 saturated heterocycles. The first-order valence-corrected chi connectivity index (χ1v) is 7.97. The van der Waals surface area contributed by atoms with E-state index in [0.717, 1.165) is 6.07 Å². The van der Waals surface area contributed by atoms with Crippen LogP contribution < -0.4 is 4.74 Å². The average molecular weight is 372 g/mol. The molecule has 0 heterocycles. The van der Waals surface area contributed by atoms with Crippen LogP contribution in [0.1, 0.15) is 0 Å². The molecule has 21 heavy (non-hydrogen) atoms. The molecule has 0 aliphatic heterocycles. The molecule has 8 heteroatoms. The second-order valence-electron chi connectivity index (χ2n) is 4.03. The standard InChI is InChI=1S/C13H10BrNO5S/c1-20-9-4-2-5-10(8-9)21(18,19)13-11(14)6-3-7-12(13)15(16)17/h2-8H,1H3. The van der Waals surface area contributed by atoms with E-state index in [4.69, 9.17) is 4.74 Å². The minimum absolute atomic E-state index is 0.0724. The first kappa shape index (κ1) is 15.5. The number of hydrogen-bond acceptors (Lipinski definition) is 5. The van der Waals surface area contributed by atoms with Crippen molar-refractivity contribution in [2.75, 3.05) is 7.11 Å². The number of hydrogen-bond donors (Lipinski definition) is 0. The van der Waals surface area contributed by atoms with Crippen molar-refractivity contribution in [1.29, 1.82) is 0 Å². The topological polar surface area (TPSA) is 86.5 Å². The highest BCUT2D eigenvalue weighted by Gasteiger charge is 2.30. The number of nitrogens with zero attached hydrogens (tertiary/aromatic N) is 1. The highest BCUT2D eigenvalue weighted by Crippen LogP contribution is 2.35. The number of nitro benzene ring substituents is 1. The molecule has 110 valence electrons. The van der Waals surface area contributed by atoms with Crippen molar-refractivity contribution in [3.8, 4) is 5.75 Å². The summed E-state index contributed by atoms with van der Waals surface area (Å²) in [4.78, 5) is 9.90. The first-order chi connectivity index (χ1) is 9.87. The summed E-state index contributed by atoms with van der Waals surface area (Å²) in [5.41, 5.74) is -0.479. The molecule has 0 bridgehead atoms. The van der Waals surface area contributed by atoms with Crippen molar-refractivity contribution in [3.05, 3.63) is 57.1 Å². The number of methoxy groups -OCH3 is 1. The average Bonchev–Trinajstić information content (AvgIpc) is 2.46. The second-order valence-corrected chi connectivity index (χ2v) is 6.77. The van der Waals surface area contributed by atoms with Crippen LogP contribution in [0.2, 0.25) is 0 Å². The highest BCUT2D eigenvalue weighted by atomic mass is 79.9. The van der Waals surface area contributed by atoms with Crippen LogP contribution in [0.4, 0.5) is 5.69 Å². The highest BCUT2D eigenvalue weighted by molar-refractivity contribution is 9.10. The Morgan fingerprint density at radius 3 is 2.48 bits per heavy atom. The smallest absolute Gasteiger partial charge is 0.289 e. The van der Waals surface area contributed by atoms with Gasteiger partial charge in [-0.1, -0.05) is 12.1 Å². The predicted molar refractivity (Wildman–Crippen MR) is 79.2 cm³/mol. The molecule has 0 aliphatic carbocycles. The normalized spacial score (nSPS) is 11.1. The lowest BCUT2D eigenvalue weighted by Gasteiger charge is -2.08. The van der Waals surface area contributed by atoms with Gasteiger partial charge >= 0.3 is 0 Å². The zero-order valence-corrected chi connectivity index (χ0v) is 13.2. The molecule has 0 saturated carbocycles. The molecule has 0 radical (unpaired) electrons. The summed E-state index contributed by atoms with van der Waals surface area (Å²) >= 11 is 3.07. The molecule has 6 nitrogen and oxygen atoms in total. The fourth-order valence-corrected chi connectivity index (χ4v) is 4.30. The molecule has 0 amide bonds. The van der Waals surface area contributed by atoms with E-state index in [0.29, 0.717) is 5.75 Å². The van der Waals surface area contributed by atoms with Gasteiger partial charge in [0.05, 0.1) is 16.9 Å². The van der Waals surface area contributed by atoms with Gasteiger partial charge in [0, 0.05) is 10.5 Å². The number of benzene rings is 2. The molecule has 0 N–H and O–H groups in total. The molecule has 2 aromatic carbocycles. The summed E-state index contributed by atoms with van der Waals surface area (Å²) in [5, 5.41) is 11.1. The lowest BCUT2D eigenvalue weighted by Crippen LogP contribution is -2.07. The summed E-state index contributed by atoms with van der Waals surface area (Å²) in [6.45, 7) is 0. The SMILES string of the molecule is COc1cccc(S(=O)(=O)c2c(Br)cccc2[N+](=O)[O-])c1. The Hall–Kier alpha value is -1.93. The van der Waals surface area contributed by atoms with Gasteiger partial charge in [-0.3, -0.25) is 10.1 Å². The van der Waals surface area contributed by atoms with Gasteiger partial charge in [0.1, 0.15) is 5.75 Å². The molecule has 0 spiro atoms. The number of sulfone groups is 1. The Bertz CT molecular complexity index is 804. The fourth-order valence-electron chi connectivity index (χ4n) is 1.79. The van der Waals surface area contributed by atoms with E-state index in [1.807, 2.05) is 0 Å². The lowest BCUT2D eigenvalue weighted by atomic mass is 10.3. The number of nitro groups is 1. The van der Waals surface area contributed by atoms with Crippen LogP contribution in [0.3, 0.4) is 0 Å². The predicted octanol–water partition coefficient (Wildman–Crippen LogP) is 3.20. The van der Waals surface area contributed by atoms with E-state index in [-0.39, 0.29) is 14.3 Å². The maximum Gasteiger partial charge on any atom is 0.289 e. The minimum atomic E-state index is -4.05. The third-order valence-corrected chi connectivity index (χ3v) is 5.53. The van der Waals surface area contributed by atoms with E-state index < -0.39 is 20.4 Å². The summed E-state index contributed by atoms with van der Waals surface area (Å²) in [7, 11) is -2.64. The quantitative estimate of drug-likeness (QED) is 0.608. The third kappa shape index (κ3) is 2.91.